The van der Waals surface area contributed by atoms with Crippen molar-refractivity contribution >= 4 is 11.8 Å². The standard InChI is InChI=1S/C15H17N5O2/c1-9(2)16-14(21)12-13-15(22)17-11(8-20(13)19-18-12)10-6-4-3-5-7-10/h3-7,9,11H,8H2,1-2H3,(H,16,21)(H,17,22). The molecule has 1 aromatic carbocycles. The highest BCUT2D eigenvalue weighted by molar-refractivity contribution is 6.05. The lowest BCUT2D eigenvalue weighted by Gasteiger charge is -2.24. The summed E-state index contributed by atoms with van der Waals surface area (Å²) in [6.45, 7) is 4.14. The van der Waals surface area contributed by atoms with Gasteiger partial charge in [0.15, 0.2) is 11.4 Å². The van der Waals surface area contributed by atoms with Crippen LogP contribution in [-0.2, 0) is 6.54 Å². The molecular formula is C15H17N5O2. The first-order chi connectivity index (χ1) is 10.6. The van der Waals surface area contributed by atoms with Gasteiger partial charge in [-0.15, -0.1) is 5.10 Å². The van der Waals surface area contributed by atoms with Crippen molar-refractivity contribution in [3.63, 3.8) is 0 Å². The third-order valence-electron chi connectivity index (χ3n) is 3.45. The zero-order chi connectivity index (χ0) is 15.7. The van der Waals surface area contributed by atoms with E-state index in [1.165, 1.54) is 4.68 Å². The third-order valence-corrected chi connectivity index (χ3v) is 3.45. The monoisotopic (exact) mass is 299 g/mol. The molecule has 1 aliphatic heterocycles. The van der Waals surface area contributed by atoms with E-state index in [0.717, 1.165) is 5.56 Å². The molecule has 1 aromatic heterocycles. The lowest BCUT2D eigenvalue weighted by atomic mass is 10.0. The lowest BCUT2D eigenvalue weighted by Crippen LogP contribution is -2.40. The topological polar surface area (TPSA) is 88.9 Å². The predicted octanol–water partition coefficient (Wildman–Crippen LogP) is 0.901. The van der Waals surface area contributed by atoms with Crippen LogP contribution in [0.3, 0.4) is 0 Å². The van der Waals surface area contributed by atoms with Crippen molar-refractivity contribution in [2.24, 2.45) is 0 Å². The molecule has 0 saturated heterocycles. The Labute approximate surface area is 127 Å². The smallest absolute Gasteiger partial charge is 0.274 e. The Morgan fingerprint density at radius 1 is 1.36 bits per heavy atom. The zero-order valence-electron chi connectivity index (χ0n) is 12.4. The van der Waals surface area contributed by atoms with Crippen molar-refractivity contribution < 1.29 is 9.59 Å². The highest BCUT2D eigenvalue weighted by Crippen LogP contribution is 2.21. The molecule has 2 N–H and O–H groups in total. The van der Waals surface area contributed by atoms with Crippen LogP contribution in [-0.4, -0.2) is 32.9 Å². The first-order valence-electron chi connectivity index (χ1n) is 7.16. The van der Waals surface area contributed by atoms with Gasteiger partial charge in [-0.3, -0.25) is 9.59 Å². The minimum absolute atomic E-state index is 0.0337. The van der Waals surface area contributed by atoms with Crippen LogP contribution < -0.4 is 10.6 Å². The van der Waals surface area contributed by atoms with Gasteiger partial charge in [0.2, 0.25) is 0 Å². The van der Waals surface area contributed by atoms with Crippen LogP contribution in [0.15, 0.2) is 30.3 Å². The van der Waals surface area contributed by atoms with E-state index in [1.807, 2.05) is 44.2 Å². The van der Waals surface area contributed by atoms with Gasteiger partial charge in [0, 0.05) is 6.04 Å². The molecule has 1 atom stereocenters. The molecule has 0 radical (unpaired) electrons. The van der Waals surface area contributed by atoms with Gasteiger partial charge in [-0.05, 0) is 19.4 Å². The minimum Gasteiger partial charge on any atom is -0.348 e. The van der Waals surface area contributed by atoms with Gasteiger partial charge in [-0.1, -0.05) is 35.5 Å². The molecule has 1 unspecified atom stereocenters. The van der Waals surface area contributed by atoms with E-state index in [0.29, 0.717) is 6.54 Å². The van der Waals surface area contributed by atoms with Crippen molar-refractivity contribution in [1.29, 1.82) is 0 Å². The lowest BCUT2D eigenvalue weighted by molar-refractivity contribution is 0.0873. The molecule has 7 heteroatoms. The number of hydrogen-bond acceptors (Lipinski definition) is 4. The van der Waals surface area contributed by atoms with E-state index in [4.69, 9.17) is 0 Å². The Balaban J connectivity index is 1.89. The molecule has 0 fully saturated rings. The van der Waals surface area contributed by atoms with E-state index in [9.17, 15) is 9.59 Å². The number of fused-ring (bicyclic) bond motifs is 1. The maximum Gasteiger partial charge on any atom is 0.274 e. The summed E-state index contributed by atoms with van der Waals surface area (Å²) in [5.74, 6) is -0.719. The Bertz CT molecular complexity index is 708. The summed E-state index contributed by atoms with van der Waals surface area (Å²) in [6, 6.07) is 9.43. The van der Waals surface area contributed by atoms with E-state index < -0.39 is 0 Å². The Morgan fingerprint density at radius 2 is 2.09 bits per heavy atom. The number of aromatic nitrogens is 3. The van der Waals surface area contributed by atoms with Gasteiger partial charge in [0.1, 0.15) is 0 Å². The fourth-order valence-electron chi connectivity index (χ4n) is 2.47. The molecule has 2 aromatic rings. The Kier molecular flexibility index (Phi) is 3.62. The molecular weight excluding hydrogens is 282 g/mol. The average molecular weight is 299 g/mol. The first-order valence-corrected chi connectivity index (χ1v) is 7.16. The predicted molar refractivity (Wildman–Crippen MR) is 79.3 cm³/mol. The molecule has 7 nitrogen and oxygen atoms in total. The van der Waals surface area contributed by atoms with Crippen molar-refractivity contribution in [2.75, 3.05) is 0 Å². The van der Waals surface area contributed by atoms with Crippen molar-refractivity contribution in [1.82, 2.24) is 25.6 Å². The molecule has 1 aliphatic rings. The molecule has 3 rings (SSSR count). The van der Waals surface area contributed by atoms with E-state index in [-0.39, 0.29) is 35.3 Å². The number of nitrogens with zero attached hydrogens (tertiary/aromatic N) is 3. The van der Waals surface area contributed by atoms with Gasteiger partial charge >= 0.3 is 0 Å². The fraction of sp³-hybridized carbons (Fsp3) is 0.333. The van der Waals surface area contributed by atoms with Crippen LogP contribution in [0.25, 0.3) is 0 Å². The van der Waals surface area contributed by atoms with E-state index in [1.54, 1.807) is 0 Å². The normalized spacial score (nSPS) is 17.0. The molecule has 0 saturated carbocycles. The molecule has 0 spiro atoms. The minimum atomic E-state index is -0.385. The Morgan fingerprint density at radius 3 is 2.77 bits per heavy atom. The summed E-state index contributed by atoms with van der Waals surface area (Å²) in [5.41, 5.74) is 1.27. The second kappa shape index (κ2) is 5.59. The SMILES string of the molecule is CC(C)NC(=O)c1nnn2c1C(=O)NC(c1ccccc1)C2. The first kappa shape index (κ1) is 14.2. The van der Waals surface area contributed by atoms with Crippen molar-refractivity contribution in [3.05, 3.63) is 47.3 Å². The Hall–Kier alpha value is -2.70. The number of rotatable bonds is 3. The average Bonchev–Trinajstić information content (AvgIpc) is 2.92. The summed E-state index contributed by atoms with van der Waals surface area (Å²) in [6.07, 6.45) is 0. The van der Waals surface area contributed by atoms with Crippen LogP contribution in [0.5, 0.6) is 0 Å². The van der Waals surface area contributed by atoms with E-state index >= 15 is 0 Å². The largest absolute Gasteiger partial charge is 0.348 e. The summed E-state index contributed by atoms with van der Waals surface area (Å²) in [4.78, 5) is 24.4. The number of nitrogens with one attached hydrogen (secondary N) is 2. The van der Waals surface area contributed by atoms with Crippen molar-refractivity contribution in [2.45, 2.75) is 32.5 Å². The molecule has 2 amide bonds. The van der Waals surface area contributed by atoms with Gasteiger partial charge in [0.05, 0.1) is 12.6 Å². The summed E-state index contributed by atoms with van der Waals surface area (Å²) in [5, 5.41) is 13.5. The molecule has 114 valence electrons. The van der Waals surface area contributed by atoms with Gasteiger partial charge in [0.25, 0.3) is 11.8 Å². The highest BCUT2D eigenvalue weighted by atomic mass is 16.2. The molecule has 2 heterocycles. The maximum absolute atomic E-state index is 12.3. The van der Waals surface area contributed by atoms with Crippen LogP contribution in [0.4, 0.5) is 0 Å². The van der Waals surface area contributed by atoms with Crippen LogP contribution >= 0.6 is 0 Å². The second-order valence-electron chi connectivity index (χ2n) is 5.53. The number of carbonyl (C=O) groups excluding carboxylic acids is 2. The second-order valence-corrected chi connectivity index (χ2v) is 5.53. The summed E-state index contributed by atoms with van der Waals surface area (Å²) >= 11 is 0. The molecule has 0 aliphatic carbocycles. The van der Waals surface area contributed by atoms with Gasteiger partial charge in [-0.25, -0.2) is 4.68 Å². The number of carbonyl (C=O) groups is 2. The number of hydrogen-bond donors (Lipinski definition) is 2. The maximum atomic E-state index is 12.3. The van der Waals surface area contributed by atoms with Gasteiger partial charge < -0.3 is 10.6 Å². The van der Waals surface area contributed by atoms with Crippen LogP contribution in [0.2, 0.25) is 0 Å². The highest BCUT2D eigenvalue weighted by Gasteiger charge is 2.32. The third kappa shape index (κ3) is 2.57. The number of amides is 2. The number of benzene rings is 1. The fourth-order valence-corrected chi connectivity index (χ4v) is 2.47. The summed E-state index contributed by atoms with van der Waals surface area (Å²) in [7, 11) is 0. The van der Waals surface area contributed by atoms with Crippen molar-refractivity contribution in [3.8, 4) is 0 Å². The van der Waals surface area contributed by atoms with Crippen LogP contribution in [0.1, 0.15) is 46.4 Å². The van der Waals surface area contributed by atoms with Gasteiger partial charge in [-0.2, -0.15) is 0 Å². The quantitative estimate of drug-likeness (QED) is 0.881. The zero-order valence-corrected chi connectivity index (χ0v) is 12.4. The summed E-state index contributed by atoms with van der Waals surface area (Å²) < 4.78 is 1.49. The molecule has 0 bridgehead atoms. The molecule has 22 heavy (non-hydrogen) atoms. The van der Waals surface area contributed by atoms with Crippen LogP contribution in [0, 0.1) is 0 Å². The van der Waals surface area contributed by atoms with E-state index in [2.05, 4.69) is 20.9 Å².